The predicted octanol–water partition coefficient (Wildman–Crippen LogP) is 13.8. The van der Waals surface area contributed by atoms with Gasteiger partial charge in [-0.25, -0.2) is 4.99 Å². The van der Waals surface area contributed by atoms with Gasteiger partial charge in [-0.2, -0.15) is 0 Å². The summed E-state index contributed by atoms with van der Waals surface area (Å²) < 4.78 is 6.71. The Hall–Kier alpha value is -7.43. The smallest absolute Gasteiger partial charge is 0.151 e. The molecule has 280 valence electrons. The van der Waals surface area contributed by atoms with E-state index in [1.54, 1.807) is 6.21 Å². The Morgan fingerprint density at radius 1 is 0.603 bits per heavy atom. The molecule has 8 aromatic rings. The standard InChI is InChI=1S/C31H23NO.C16H12N2.C7H8/c32-20-24-16-17-26(22-12-6-2-7-13-22)31-29(24)28-19-25(21-10-4-1-5-11-21)18-27(30(28)33-31)23-14-8-3-9-15-23;1-18-16(17)13-8-9-15-12(10-13)7-6-11-4-2-3-5-14(11)15;1-7-5-3-2-4-6-7/h1-20,24,29,32H;2-10,17H,1H2;2-6H,1H3. The van der Waals surface area contributed by atoms with E-state index >= 15 is 0 Å². The molecule has 1 heterocycles. The van der Waals surface area contributed by atoms with Crippen molar-refractivity contribution >= 4 is 45.9 Å². The Bertz CT molecular complexity index is 2810. The number of nitrogens with zero attached hydrogens (tertiary/aromatic N) is 1. The Kier molecular flexibility index (Phi) is 11.1. The molecule has 0 spiro atoms. The van der Waals surface area contributed by atoms with Gasteiger partial charge in [0.05, 0.1) is 5.92 Å². The van der Waals surface area contributed by atoms with Crippen LogP contribution in [0.2, 0.25) is 0 Å². The molecule has 4 nitrogen and oxygen atoms in total. The largest absolute Gasteiger partial charge is 0.459 e. The number of benzene rings is 8. The van der Waals surface area contributed by atoms with E-state index < -0.39 is 0 Å². The summed E-state index contributed by atoms with van der Waals surface area (Å²) in [6.45, 7) is 5.48. The van der Waals surface area contributed by atoms with Crippen LogP contribution in [0.4, 0.5) is 0 Å². The number of fused-ring (bicyclic) bond motifs is 6. The third-order valence-corrected chi connectivity index (χ3v) is 10.7. The van der Waals surface area contributed by atoms with E-state index in [0.717, 1.165) is 55.8 Å². The average molecular weight is 750 g/mol. The van der Waals surface area contributed by atoms with Crippen molar-refractivity contribution in [2.24, 2.45) is 10.9 Å². The maximum absolute atomic E-state index is 8.14. The molecule has 10 rings (SSSR count). The number of aliphatic imine (C=N–C) groups is 1. The van der Waals surface area contributed by atoms with Crippen LogP contribution in [0.3, 0.4) is 0 Å². The molecular formula is C54H43N3O. The van der Waals surface area contributed by atoms with Crippen molar-refractivity contribution in [2.45, 2.75) is 12.8 Å². The van der Waals surface area contributed by atoms with Crippen molar-refractivity contribution < 1.29 is 4.74 Å². The summed E-state index contributed by atoms with van der Waals surface area (Å²) >= 11 is 0. The van der Waals surface area contributed by atoms with Crippen LogP contribution in [-0.2, 0) is 0 Å². The van der Waals surface area contributed by atoms with Crippen LogP contribution in [0.5, 0.6) is 5.75 Å². The number of amidine groups is 1. The monoisotopic (exact) mass is 749 g/mol. The van der Waals surface area contributed by atoms with E-state index in [1.807, 2.05) is 66.7 Å². The minimum atomic E-state index is -0.0386. The van der Waals surface area contributed by atoms with E-state index in [9.17, 15) is 0 Å². The van der Waals surface area contributed by atoms with Gasteiger partial charge in [-0.1, -0.05) is 188 Å². The third-order valence-electron chi connectivity index (χ3n) is 10.7. The molecule has 0 bridgehead atoms. The molecule has 2 N–H and O–H groups in total. The lowest BCUT2D eigenvalue weighted by Crippen LogP contribution is -2.16. The fourth-order valence-electron chi connectivity index (χ4n) is 7.74. The molecule has 0 saturated carbocycles. The first-order chi connectivity index (χ1) is 28.5. The van der Waals surface area contributed by atoms with Gasteiger partial charge in [0.2, 0.25) is 0 Å². The van der Waals surface area contributed by atoms with Crippen molar-refractivity contribution in [3.63, 3.8) is 0 Å². The zero-order chi connectivity index (χ0) is 39.8. The Balaban J connectivity index is 0.000000156. The normalized spacial score (nSPS) is 14.8. The zero-order valence-corrected chi connectivity index (χ0v) is 32.3. The van der Waals surface area contributed by atoms with Crippen LogP contribution in [0, 0.1) is 23.7 Å². The second kappa shape index (κ2) is 17.2. The summed E-state index contributed by atoms with van der Waals surface area (Å²) in [4.78, 5) is 3.66. The predicted molar refractivity (Wildman–Crippen MR) is 244 cm³/mol. The number of nitrogens with one attached hydrogen (secondary N) is 2. The fourth-order valence-corrected chi connectivity index (χ4v) is 7.74. The topological polar surface area (TPSA) is 69.3 Å². The first kappa shape index (κ1) is 37.5. The molecule has 0 radical (unpaired) electrons. The molecule has 8 aromatic carbocycles. The highest BCUT2D eigenvalue weighted by molar-refractivity contribution is 6.10. The SMILES string of the molecule is C=NC(=N)c1ccc2c(ccc3ccccc32)c1.Cc1ccccc1.N=CC1C=CC(c2ccccc2)=C2Oc3c(-c4ccccc4)cc(-c4ccccc4)cc3C21. The van der Waals surface area contributed by atoms with Crippen molar-refractivity contribution in [3.05, 3.63) is 228 Å². The number of allylic oxidation sites excluding steroid dienone is 4. The van der Waals surface area contributed by atoms with Gasteiger partial charge in [0.25, 0.3) is 0 Å². The second-order valence-corrected chi connectivity index (χ2v) is 14.4. The van der Waals surface area contributed by atoms with E-state index in [1.165, 1.54) is 27.3 Å². The number of hydrogen-bond acceptors (Lipinski definition) is 3. The molecule has 1 aliphatic heterocycles. The van der Waals surface area contributed by atoms with Crippen LogP contribution in [0.1, 0.15) is 28.2 Å². The van der Waals surface area contributed by atoms with Gasteiger partial charge in [0.1, 0.15) is 11.5 Å². The maximum Gasteiger partial charge on any atom is 0.151 e. The maximum atomic E-state index is 8.14. The number of hydrogen-bond donors (Lipinski definition) is 2. The average Bonchev–Trinajstić information content (AvgIpc) is 3.69. The molecule has 1 aliphatic carbocycles. The zero-order valence-electron chi connectivity index (χ0n) is 32.3. The quantitative estimate of drug-likeness (QED) is 0.103. The van der Waals surface area contributed by atoms with Crippen molar-refractivity contribution in [1.29, 1.82) is 10.8 Å². The first-order valence-corrected chi connectivity index (χ1v) is 19.5. The highest BCUT2D eigenvalue weighted by Gasteiger charge is 2.40. The summed E-state index contributed by atoms with van der Waals surface area (Å²) in [5, 5.41) is 20.6. The lowest BCUT2D eigenvalue weighted by atomic mass is 9.78. The minimum absolute atomic E-state index is 0.0103. The van der Waals surface area contributed by atoms with Gasteiger partial charge in [0.15, 0.2) is 5.84 Å². The van der Waals surface area contributed by atoms with Gasteiger partial charge in [-0.05, 0) is 75.6 Å². The highest BCUT2D eigenvalue weighted by Crippen LogP contribution is 2.54. The second-order valence-electron chi connectivity index (χ2n) is 14.4. The summed E-state index contributed by atoms with van der Waals surface area (Å²) in [5.41, 5.74) is 10.1. The van der Waals surface area contributed by atoms with E-state index in [4.69, 9.17) is 15.6 Å². The van der Waals surface area contributed by atoms with Crippen LogP contribution >= 0.6 is 0 Å². The van der Waals surface area contributed by atoms with Crippen LogP contribution in [-0.4, -0.2) is 18.8 Å². The van der Waals surface area contributed by atoms with Crippen molar-refractivity contribution in [2.75, 3.05) is 0 Å². The lowest BCUT2D eigenvalue weighted by Gasteiger charge is -2.23. The Morgan fingerprint density at radius 3 is 1.83 bits per heavy atom. The van der Waals surface area contributed by atoms with Crippen LogP contribution in [0.15, 0.2) is 211 Å². The summed E-state index contributed by atoms with van der Waals surface area (Å²) in [6.07, 6.45) is 5.79. The van der Waals surface area contributed by atoms with Gasteiger partial charge in [-0.15, -0.1) is 0 Å². The fraction of sp³-hybridized carbons (Fsp3) is 0.0556. The van der Waals surface area contributed by atoms with E-state index in [-0.39, 0.29) is 17.7 Å². The highest BCUT2D eigenvalue weighted by atomic mass is 16.5. The van der Waals surface area contributed by atoms with Gasteiger partial charge >= 0.3 is 0 Å². The third kappa shape index (κ3) is 7.82. The van der Waals surface area contributed by atoms with Gasteiger partial charge < -0.3 is 10.1 Å². The Labute approximate surface area is 340 Å². The lowest BCUT2D eigenvalue weighted by molar-refractivity contribution is 0.421. The molecular weight excluding hydrogens is 707 g/mol. The summed E-state index contributed by atoms with van der Waals surface area (Å²) in [6, 6.07) is 64.5. The van der Waals surface area contributed by atoms with E-state index in [0.29, 0.717) is 0 Å². The molecule has 2 aliphatic rings. The van der Waals surface area contributed by atoms with Crippen molar-refractivity contribution in [3.8, 4) is 28.0 Å². The summed E-state index contributed by atoms with van der Waals surface area (Å²) in [7, 11) is 0. The molecule has 2 atom stereocenters. The van der Waals surface area contributed by atoms with Crippen LogP contribution in [0.25, 0.3) is 49.4 Å². The molecule has 0 fully saturated rings. The molecule has 58 heavy (non-hydrogen) atoms. The van der Waals surface area contributed by atoms with Crippen LogP contribution < -0.4 is 4.74 Å². The first-order valence-electron chi connectivity index (χ1n) is 19.5. The van der Waals surface area contributed by atoms with Gasteiger partial charge in [-0.3, -0.25) is 5.41 Å². The van der Waals surface area contributed by atoms with Gasteiger partial charge in [0, 0.05) is 34.4 Å². The minimum Gasteiger partial charge on any atom is -0.459 e. The number of rotatable bonds is 5. The molecule has 4 heteroatoms. The number of ether oxygens (including phenoxy) is 1. The molecule has 2 unspecified atom stereocenters. The van der Waals surface area contributed by atoms with E-state index in [2.05, 4.69) is 152 Å². The Morgan fingerprint density at radius 2 is 1.19 bits per heavy atom. The number of aryl methyl sites for hydroxylation is 1. The molecule has 0 aromatic heterocycles. The summed E-state index contributed by atoms with van der Waals surface area (Å²) in [5.74, 6) is 2.01. The molecule has 0 saturated heterocycles. The molecule has 0 amide bonds. The van der Waals surface area contributed by atoms with Crippen molar-refractivity contribution in [1.82, 2.24) is 0 Å².